The van der Waals surface area contributed by atoms with Crippen LogP contribution >= 0.6 is 23.2 Å². The quantitative estimate of drug-likeness (QED) is 0.237. The van der Waals surface area contributed by atoms with E-state index in [1.54, 1.807) is 41.3 Å². The number of nitrogens with zero attached hydrogens (tertiary/aromatic N) is 3. The van der Waals surface area contributed by atoms with Crippen molar-refractivity contribution in [2.45, 2.75) is 64.8 Å². The van der Waals surface area contributed by atoms with E-state index in [-0.39, 0.29) is 19.1 Å². The zero-order chi connectivity index (χ0) is 38.5. The summed E-state index contributed by atoms with van der Waals surface area (Å²) in [7, 11) is 1.27. The van der Waals surface area contributed by atoms with Crippen molar-refractivity contribution in [1.82, 2.24) is 15.1 Å². The average Bonchev–Trinajstić information content (AvgIpc) is 3.07. The summed E-state index contributed by atoms with van der Waals surface area (Å²) in [5.41, 5.74) is 0.205. The summed E-state index contributed by atoms with van der Waals surface area (Å²) in [5.74, 6) is -0.753. The van der Waals surface area contributed by atoms with Crippen molar-refractivity contribution in [2.24, 2.45) is 0 Å². The number of carbonyl (C=O) groups excluding carboxylic acids is 4. The maximum Gasteiger partial charge on any atom is 0.488 e. The Kier molecular flexibility index (Phi) is 16.8. The number of nitrogens with one attached hydrogen (secondary N) is 1. The highest BCUT2D eigenvalue weighted by Gasteiger charge is 2.37. The maximum atomic E-state index is 12.3. The van der Waals surface area contributed by atoms with Crippen LogP contribution in [0.5, 0.6) is 0 Å². The molecule has 2 heterocycles. The molecule has 0 aliphatic carbocycles. The lowest BCUT2D eigenvalue weighted by molar-refractivity contribution is -0.144. The van der Waals surface area contributed by atoms with Gasteiger partial charge in [0.1, 0.15) is 23.3 Å². The Balaban J connectivity index is 0.000000289. The van der Waals surface area contributed by atoms with E-state index in [1.807, 2.05) is 58.6 Å². The van der Waals surface area contributed by atoms with Crippen molar-refractivity contribution < 1.29 is 48.2 Å². The number of ether oxygens (including phenoxy) is 4. The van der Waals surface area contributed by atoms with Gasteiger partial charge in [-0.1, -0.05) is 35.3 Å². The Labute approximate surface area is 310 Å². The molecular weight excluding hydrogens is 706 g/mol. The Bertz CT molecular complexity index is 1440. The fourth-order valence-corrected chi connectivity index (χ4v) is 4.98. The molecule has 17 heteroatoms. The largest absolute Gasteiger partial charge is 0.488 e. The van der Waals surface area contributed by atoms with Crippen LogP contribution in [-0.2, 0) is 28.5 Å². The van der Waals surface area contributed by atoms with Crippen molar-refractivity contribution in [2.75, 3.05) is 58.4 Å². The summed E-state index contributed by atoms with van der Waals surface area (Å²) in [6.45, 7) is 13.4. The summed E-state index contributed by atoms with van der Waals surface area (Å²) in [5, 5.41) is 21.5. The molecular formula is C34H49BCl2N4O10. The molecule has 2 aromatic rings. The van der Waals surface area contributed by atoms with Crippen LogP contribution in [-0.4, -0.2) is 128 Å². The van der Waals surface area contributed by atoms with Gasteiger partial charge in [-0.3, -0.25) is 4.79 Å². The number of hydrogen-bond acceptors (Lipinski definition) is 12. The lowest BCUT2D eigenvalue weighted by Gasteiger charge is -2.41. The first-order valence-corrected chi connectivity index (χ1v) is 17.0. The van der Waals surface area contributed by atoms with Gasteiger partial charge in [0.2, 0.25) is 0 Å². The highest BCUT2D eigenvalue weighted by molar-refractivity contribution is 6.58. The number of anilines is 1. The van der Waals surface area contributed by atoms with Gasteiger partial charge in [0, 0.05) is 41.9 Å². The summed E-state index contributed by atoms with van der Waals surface area (Å²) >= 11 is 11.5. The molecule has 0 radical (unpaired) electrons. The molecule has 4 rings (SSSR count). The van der Waals surface area contributed by atoms with Gasteiger partial charge in [-0.15, -0.1) is 0 Å². The van der Waals surface area contributed by atoms with Gasteiger partial charge in [0.25, 0.3) is 0 Å². The molecule has 0 unspecified atom stereocenters. The third-order valence-corrected chi connectivity index (χ3v) is 7.65. The van der Waals surface area contributed by atoms with Crippen molar-refractivity contribution in [3.8, 4) is 0 Å². The number of benzene rings is 2. The normalized spacial score (nSPS) is 17.5. The minimum atomic E-state index is -1.41. The van der Waals surface area contributed by atoms with Crippen LogP contribution in [0.2, 0.25) is 10.0 Å². The Morgan fingerprint density at radius 1 is 0.725 bits per heavy atom. The van der Waals surface area contributed by atoms with E-state index in [9.17, 15) is 19.2 Å². The van der Waals surface area contributed by atoms with E-state index in [0.717, 1.165) is 5.69 Å². The molecule has 0 bridgehead atoms. The lowest BCUT2D eigenvalue weighted by Crippen LogP contribution is -2.58. The predicted molar refractivity (Wildman–Crippen MR) is 195 cm³/mol. The van der Waals surface area contributed by atoms with E-state index >= 15 is 0 Å². The number of rotatable bonds is 4. The molecule has 2 aliphatic heterocycles. The maximum absolute atomic E-state index is 12.3. The zero-order valence-corrected chi connectivity index (χ0v) is 31.9. The molecule has 2 saturated heterocycles. The highest BCUT2D eigenvalue weighted by Crippen LogP contribution is 2.24. The minimum Gasteiger partial charge on any atom is -0.468 e. The number of esters is 2. The predicted octanol–water partition coefficient (Wildman–Crippen LogP) is 3.33. The Hall–Kier alpha value is -3.76. The van der Waals surface area contributed by atoms with Crippen LogP contribution in [0.1, 0.15) is 41.5 Å². The van der Waals surface area contributed by atoms with E-state index in [0.29, 0.717) is 41.7 Å². The van der Waals surface area contributed by atoms with Gasteiger partial charge in [0.15, 0.2) is 0 Å². The van der Waals surface area contributed by atoms with E-state index in [2.05, 4.69) is 10.1 Å². The van der Waals surface area contributed by atoms with Crippen molar-refractivity contribution in [3.63, 3.8) is 0 Å². The molecule has 2 amide bonds. The molecule has 2 aliphatic rings. The highest BCUT2D eigenvalue weighted by atomic mass is 35.5. The molecule has 282 valence electrons. The summed E-state index contributed by atoms with van der Waals surface area (Å²) in [4.78, 5) is 52.6. The van der Waals surface area contributed by atoms with Crippen LogP contribution in [0.25, 0.3) is 0 Å². The third kappa shape index (κ3) is 15.2. The smallest absolute Gasteiger partial charge is 0.468 e. The molecule has 0 aromatic heterocycles. The molecule has 2 atom stereocenters. The average molecular weight is 756 g/mol. The van der Waals surface area contributed by atoms with Gasteiger partial charge in [-0.2, -0.15) is 0 Å². The molecule has 14 nitrogen and oxygen atoms in total. The van der Waals surface area contributed by atoms with Crippen LogP contribution in [0.15, 0.2) is 48.5 Å². The standard InChI is InChI=1S/C17H23ClN2O4.C11H20N2O4.C6H6BClO2/c1-17(2,3)24-16(22)19-9-10-20(14(11-19)15(21)23-4)13-7-5-12(18)6-8-13;1-11(2,3)17-10(15)13-6-5-12-8(7-13)9(14)16-4;8-6-3-1-5(2-4-6)7(9)10/h5-8,14H,9-11H2,1-4H3;8,12H,5-7H2,1-4H3;1-4,9-10H/t14-;8-;/m11./s1. The first kappa shape index (κ1) is 43.4. The molecule has 0 spiro atoms. The molecule has 2 fully saturated rings. The SMILES string of the molecule is COC(=O)[C@H]1CN(C(=O)OC(C)(C)C)CCN1.COC(=O)[C@H]1CN(C(=O)OC(C)(C)C)CCN1c1ccc(Cl)cc1.OB(O)c1ccc(Cl)cc1. The van der Waals surface area contributed by atoms with Crippen LogP contribution in [0.3, 0.4) is 0 Å². The topological polar surface area (TPSA) is 167 Å². The first-order valence-electron chi connectivity index (χ1n) is 16.2. The monoisotopic (exact) mass is 754 g/mol. The minimum absolute atomic E-state index is 0.213. The van der Waals surface area contributed by atoms with Crippen molar-refractivity contribution in [1.29, 1.82) is 0 Å². The van der Waals surface area contributed by atoms with E-state index < -0.39 is 48.6 Å². The van der Waals surface area contributed by atoms with Crippen LogP contribution in [0.4, 0.5) is 15.3 Å². The van der Waals surface area contributed by atoms with Gasteiger partial charge < -0.3 is 49.0 Å². The number of halogens is 2. The molecule has 0 saturated carbocycles. The van der Waals surface area contributed by atoms with Crippen molar-refractivity contribution >= 4 is 65.6 Å². The van der Waals surface area contributed by atoms with Crippen molar-refractivity contribution in [3.05, 3.63) is 58.6 Å². The summed E-state index contributed by atoms with van der Waals surface area (Å²) in [6.07, 6.45) is -0.819. The second-order valence-electron chi connectivity index (χ2n) is 13.5. The van der Waals surface area contributed by atoms with Crippen LogP contribution in [0, 0.1) is 0 Å². The van der Waals surface area contributed by atoms with Gasteiger partial charge in [-0.05, 0) is 83.4 Å². The molecule has 3 N–H and O–H groups in total. The second kappa shape index (κ2) is 19.7. The number of methoxy groups -OCH3 is 2. The van der Waals surface area contributed by atoms with Crippen LogP contribution < -0.4 is 15.7 Å². The molecule has 2 aromatic carbocycles. The Morgan fingerprint density at radius 2 is 1.20 bits per heavy atom. The fraction of sp³-hybridized carbons (Fsp3) is 0.529. The number of carbonyl (C=O) groups is 4. The lowest BCUT2D eigenvalue weighted by atomic mass is 9.81. The molecule has 51 heavy (non-hydrogen) atoms. The summed E-state index contributed by atoms with van der Waals surface area (Å²) in [6, 6.07) is 12.5. The first-order chi connectivity index (χ1) is 23.7. The second-order valence-corrected chi connectivity index (χ2v) is 14.4. The Morgan fingerprint density at radius 3 is 1.65 bits per heavy atom. The van der Waals surface area contributed by atoms with Gasteiger partial charge >= 0.3 is 31.2 Å². The number of hydrogen-bond donors (Lipinski definition) is 3. The number of piperazine rings is 2. The zero-order valence-electron chi connectivity index (χ0n) is 30.4. The van der Waals surface area contributed by atoms with Gasteiger partial charge in [0.05, 0.1) is 27.3 Å². The van der Waals surface area contributed by atoms with E-state index in [1.165, 1.54) is 19.1 Å². The van der Waals surface area contributed by atoms with E-state index in [4.69, 9.17) is 47.5 Å². The van der Waals surface area contributed by atoms with Gasteiger partial charge in [-0.25, -0.2) is 14.4 Å². The summed E-state index contributed by atoms with van der Waals surface area (Å²) < 4.78 is 20.2. The fourth-order valence-electron chi connectivity index (χ4n) is 4.73. The number of amides is 2. The third-order valence-electron chi connectivity index (χ3n) is 7.14.